The molecular weight excluding hydrogens is 304 g/mol. The first-order valence-corrected chi connectivity index (χ1v) is 4.13. The van der Waals surface area contributed by atoms with E-state index in [0.717, 1.165) is 12.3 Å². The van der Waals surface area contributed by atoms with Crippen molar-refractivity contribution in [2.75, 3.05) is 0 Å². The third-order valence-corrected chi connectivity index (χ3v) is 0.781. The Morgan fingerprint density at radius 3 is 1.36 bits per heavy atom. The van der Waals surface area contributed by atoms with E-state index in [1.54, 1.807) is 0 Å². The van der Waals surface area contributed by atoms with Gasteiger partial charge in [-0.25, -0.2) is 0 Å². The Kier molecular flexibility index (Phi) is 21.4. The molecule has 0 aromatic rings. The first-order valence-electron chi connectivity index (χ1n) is 4.13. The maximum absolute atomic E-state index is 3.73. The average Bonchev–Trinajstić information content (AvgIpc) is 1.62. The van der Waals surface area contributed by atoms with E-state index in [1.807, 2.05) is 0 Å². The largest absolute Gasteiger partial charge is 2.00 e. The van der Waals surface area contributed by atoms with Crippen LogP contribution in [0.4, 0.5) is 0 Å². The Morgan fingerprint density at radius 1 is 1.09 bits per heavy atom. The molecule has 1 heteroatoms. The molecule has 0 spiro atoms. The molecule has 68 valence electrons. The topological polar surface area (TPSA) is 0 Å². The van der Waals surface area contributed by atoms with Gasteiger partial charge in [-0.05, 0) is 5.92 Å². The van der Waals surface area contributed by atoms with Gasteiger partial charge in [0.2, 0.25) is 0 Å². The van der Waals surface area contributed by atoms with Gasteiger partial charge in [-0.15, -0.1) is 0 Å². The summed E-state index contributed by atoms with van der Waals surface area (Å²) in [5.74, 6) is 1.42. The van der Waals surface area contributed by atoms with Gasteiger partial charge in [0.15, 0.2) is 0 Å². The van der Waals surface area contributed by atoms with Crippen LogP contribution >= 0.6 is 0 Å². The van der Waals surface area contributed by atoms with Crippen molar-refractivity contribution < 1.29 is 21.1 Å². The molecule has 0 aliphatic carbocycles. The molecule has 0 unspecified atom stereocenters. The fourth-order valence-corrected chi connectivity index (χ4v) is 0.408. The fourth-order valence-electron chi connectivity index (χ4n) is 0.408. The summed E-state index contributed by atoms with van der Waals surface area (Å²) in [5.41, 5.74) is 0. The molecule has 0 aromatic carbocycles. The van der Waals surface area contributed by atoms with Gasteiger partial charge < -0.3 is 13.8 Å². The van der Waals surface area contributed by atoms with Gasteiger partial charge in [-0.1, -0.05) is 34.1 Å². The van der Waals surface area contributed by atoms with Crippen molar-refractivity contribution >= 4 is 0 Å². The molecule has 0 rings (SSSR count). The minimum Gasteiger partial charge on any atom is -0.343 e. The summed E-state index contributed by atoms with van der Waals surface area (Å²) < 4.78 is 0. The first-order chi connectivity index (χ1) is 4.50. The molecule has 11 heavy (non-hydrogen) atoms. The second kappa shape index (κ2) is 13.3. The predicted molar refractivity (Wildman–Crippen MR) is 49.6 cm³/mol. The Morgan fingerprint density at radius 2 is 1.36 bits per heavy atom. The van der Waals surface area contributed by atoms with Gasteiger partial charge in [0.05, 0.1) is 0 Å². The summed E-state index contributed by atoms with van der Waals surface area (Å²) in [5, 5.41) is 0. The van der Waals surface area contributed by atoms with Gasteiger partial charge in [0.25, 0.3) is 0 Å². The van der Waals surface area contributed by atoms with Crippen molar-refractivity contribution in [3.63, 3.8) is 0 Å². The van der Waals surface area contributed by atoms with E-state index in [2.05, 4.69) is 41.5 Å². The first kappa shape index (κ1) is 17.7. The van der Waals surface area contributed by atoms with E-state index in [-0.39, 0.29) is 21.1 Å². The summed E-state index contributed by atoms with van der Waals surface area (Å²) >= 11 is 0. The molecular formula is C10H22W. The molecule has 0 radical (unpaired) electrons. The molecule has 0 fully saturated rings. The normalized spacial score (nSPS) is 8.73. The molecule has 0 amide bonds. The molecule has 0 aliphatic rings. The summed E-state index contributed by atoms with van der Waals surface area (Å²) in [6.07, 6.45) is 2.34. The van der Waals surface area contributed by atoms with Crippen molar-refractivity contribution in [1.29, 1.82) is 0 Å². The Bertz CT molecular complexity index is 46.1. The zero-order valence-electron chi connectivity index (χ0n) is 8.39. The van der Waals surface area contributed by atoms with E-state index >= 15 is 0 Å². The maximum atomic E-state index is 3.73. The summed E-state index contributed by atoms with van der Waals surface area (Å²) in [6.45, 7) is 15.9. The molecule has 0 saturated heterocycles. The van der Waals surface area contributed by atoms with Crippen LogP contribution in [0.15, 0.2) is 0 Å². The zero-order valence-corrected chi connectivity index (χ0v) is 11.3. The Balaban J connectivity index is -0.000000114. The van der Waals surface area contributed by atoms with Crippen molar-refractivity contribution in [2.24, 2.45) is 11.8 Å². The summed E-state index contributed by atoms with van der Waals surface area (Å²) in [4.78, 5) is 0. The van der Waals surface area contributed by atoms with E-state index in [9.17, 15) is 0 Å². The van der Waals surface area contributed by atoms with E-state index in [4.69, 9.17) is 0 Å². The Labute approximate surface area is 87.4 Å². The van der Waals surface area contributed by atoms with Crippen molar-refractivity contribution in [1.82, 2.24) is 0 Å². The molecule has 0 bridgehead atoms. The third-order valence-electron chi connectivity index (χ3n) is 0.781. The Hall–Kier alpha value is 0.688. The van der Waals surface area contributed by atoms with Crippen LogP contribution in [0.3, 0.4) is 0 Å². The summed E-state index contributed by atoms with van der Waals surface area (Å²) in [6, 6.07) is 0. The van der Waals surface area contributed by atoms with Gasteiger partial charge in [-0.3, -0.25) is 0 Å². The minimum atomic E-state index is 0. The number of hydrogen-bond donors (Lipinski definition) is 0. The molecule has 0 heterocycles. The minimum absolute atomic E-state index is 0. The van der Waals surface area contributed by atoms with Crippen LogP contribution in [0.1, 0.15) is 40.5 Å². The number of rotatable bonds is 2. The molecule has 0 nitrogen and oxygen atoms in total. The van der Waals surface area contributed by atoms with Gasteiger partial charge in [0, 0.05) is 0 Å². The van der Waals surface area contributed by atoms with Crippen LogP contribution in [0.5, 0.6) is 0 Å². The van der Waals surface area contributed by atoms with E-state index < -0.39 is 0 Å². The average molecular weight is 326 g/mol. The van der Waals surface area contributed by atoms with E-state index in [1.165, 1.54) is 6.42 Å². The second-order valence-electron chi connectivity index (χ2n) is 3.43. The van der Waals surface area contributed by atoms with Gasteiger partial charge in [-0.2, -0.15) is 12.3 Å². The van der Waals surface area contributed by atoms with Crippen LogP contribution in [-0.2, 0) is 21.1 Å². The van der Waals surface area contributed by atoms with Crippen LogP contribution in [-0.4, -0.2) is 0 Å². The van der Waals surface area contributed by atoms with Crippen LogP contribution in [0.2, 0.25) is 0 Å². The molecule has 0 saturated carbocycles. The van der Waals surface area contributed by atoms with Crippen LogP contribution < -0.4 is 0 Å². The quantitative estimate of drug-likeness (QED) is 0.679. The monoisotopic (exact) mass is 326 g/mol. The standard InChI is InChI=1S/C6H13.C4H9.W/c1-4-5-6(2)3;1-4(2)3;/h6H,1,4-5H2,2-3H3;4H,1H2,2-3H3;/q2*-1;+2. The van der Waals surface area contributed by atoms with Crippen LogP contribution in [0, 0.1) is 25.7 Å². The smallest absolute Gasteiger partial charge is 0.343 e. The van der Waals surface area contributed by atoms with Gasteiger partial charge >= 0.3 is 21.1 Å². The molecule has 0 aliphatic heterocycles. The summed E-state index contributed by atoms with van der Waals surface area (Å²) in [7, 11) is 0. The van der Waals surface area contributed by atoms with Crippen molar-refractivity contribution in [3.05, 3.63) is 13.8 Å². The van der Waals surface area contributed by atoms with Crippen molar-refractivity contribution in [3.8, 4) is 0 Å². The fraction of sp³-hybridized carbons (Fsp3) is 0.800. The second-order valence-corrected chi connectivity index (χ2v) is 3.43. The molecule has 0 N–H and O–H groups in total. The van der Waals surface area contributed by atoms with Crippen LogP contribution in [0.25, 0.3) is 0 Å². The zero-order chi connectivity index (χ0) is 8.57. The van der Waals surface area contributed by atoms with E-state index in [0.29, 0.717) is 5.92 Å². The molecule has 0 atom stereocenters. The molecule has 0 aromatic heterocycles. The SMILES string of the molecule is [CH2-]C(C)C.[CH2-]CCC(C)C.[W+2]. The number of hydrogen-bond acceptors (Lipinski definition) is 0. The van der Waals surface area contributed by atoms with Gasteiger partial charge in [0.1, 0.15) is 0 Å². The maximum Gasteiger partial charge on any atom is 2.00 e. The predicted octanol–water partition coefficient (Wildman–Crippen LogP) is 3.73. The third kappa shape index (κ3) is 59.3. The van der Waals surface area contributed by atoms with Crippen molar-refractivity contribution in [2.45, 2.75) is 40.5 Å².